The number of nitrogens with one attached hydrogen (secondary N) is 2. The summed E-state index contributed by atoms with van der Waals surface area (Å²) in [5, 5.41) is 6.40. The summed E-state index contributed by atoms with van der Waals surface area (Å²) in [6.07, 6.45) is 0. The topological polar surface area (TPSA) is 78.5 Å². The lowest BCUT2D eigenvalue weighted by atomic mass is 10.0. The molecule has 0 aliphatic carbocycles. The number of hydrogen-bond donors (Lipinski definition) is 2. The van der Waals surface area contributed by atoms with E-state index in [4.69, 9.17) is 0 Å². The summed E-state index contributed by atoms with van der Waals surface area (Å²) >= 11 is 1.13. The highest BCUT2D eigenvalue weighted by Gasteiger charge is 2.22. The van der Waals surface area contributed by atoms with Crippen LogP contribution in [0.1, 0.15) is 24.2 Å². The molecule has 8 heteroatoms. The monoisotopic (exact) mass is 445 g/mol. The van der Waals surface area contributed by atoms with Crippen molar-refractivity contribution < 1.29 is 13.2 Å². The molecule has 1 atom stereocenters. The second-order valence-electron chi connectivity index (χ2n) is 7.77. The number of hydrogen-bond acceptors (Lipinski definition) is 5. The van der Waals surface area contributed by atoms with Gasteiger partial charge in [0.1, 0.15) is 4.21 Å². The number of anilines is 1. The van der Waals surface area contributed by atoms with Gasteiger partial charge in [-0.1, -0.05) is 44.2 Å². The number of benzene rings is 2. The van der Waals surface area contributed by atoms with Gasteiger partial charge in [0.25, 0.3) is 15.9 Å². The number of likely N-dealkylation sites (N-methyl/N-ethyl adjacent to an activating group) is 1. The summed E-state index contributed by atoms with van der Waals surface area (Å²) in [6.45, 7) is 4.67. The van der Waals surface area contributed by atoms with Gasteiger partial charge < -0.3 is 10.2 Å². The Balaban J connectivity index is 1.96. The Bertz CT molecular complexity index is 1120. The van der Waals surface area contributed by atoms with Gasteiger partial charge in [0.2, 0.25) is 0 Å². The molecule has 0 aliphatic rings. The zero-order valence-electron chi connectivity index (χ0n) is 17.5. The average molecular weight is 446 g/mol. The van der Waals surface area contributed by atoms with Crippen molar-refractivity contribution in [3.8, 4) is 0 Å². The summed E-state index contributed by atoms with van der Waals surface area (Å²) in [5.41, 5.74) is 0.570. The van der Waals surface area contributed by atoms with Crippen LogP contribution in [0.3, 0.4) is 0 Å². The summed E-state index contributed by atoms with van der Waals surface area (Å²) in [7, 11) is 0.187. The Kier molecular flexibility index (Phi) is 6.80. The minimum Gasteiger partial charge on any atom is -0.350 e. The molecule has 0 radical (unpaired) electrons. The fourth-order valence-electron chi connectivity index (χ4n) is 3.43. The predicted molar refractivity (Wildman–Crippen MR) is 124 cm³/mol. The van der Waals surface area contributed by atoms with Crippen molar-refractivity contribution in [3.63, 3.8) is 0 Å². The highest BCUT2D eigenvalue weighted by Crippen LogP contribution is 2.27. The molecule has 3 rings (SSSR count). The first-order valence-electron chi connectivity index (χ1n) is 9.73. The van der Waals surface area contributed by atoms with E-state index in [0.717, 1.165) is 22.1 Å². The number of sulfonamides is 1. The molecule has 1 amide bonds. The van der Waals surface area contributed by atoms with Crippen LogP contribution in [0.2, 0.25) is 0 Å². The normalized spacial score (nSPS) is 13.0. The van der Waals surface area contributed by atoms with E-state index < -0.39 is 10.0 Å². The van der Waals surface area contributed by atoms with E-state index >= 15 is 0 Å². The van der Waals surface area contributed by atoms with Crippen molar-refractivity contribution in [1.82, 2.24) is 10.2 Å². The van der Waals surface area contributed by atoms with E-state index in [1.54, 1.807) is 23.6 Å². The van der Waals surface area contributed by atoms with Gasteiger partial charge in [0.05, 0.1) is 11.3 Å². The first kappa shape index (κ1) is 22.3. The number of rotatable bonds is 8. The van der Waals surface area contributed by atoms with Crippen LogP contribution in [0.4, 0.5) is 5.69 Å². The summed E-state index contributed by atoms with van der Waals surface area (Å²) in [5.74, 6) is 0.0471. The van der Waals surface area contributed by atoms with E-state index in [1.165, 1.54) is 6.07 Å². The third kappa shape index (κ3) is 5.00. The van der Waals surface area contributed by atoms with Crippen LogP contribution >= 0.6 is 11.3 Å². The number of carbonyl (C=O) groups is 1. The van der Waals surface area contributed by atoms with Crippen LogP contribution in [0, 0.1) is 5.92 Å². The van der Waals surface area contributed by atoms with Gasteiger partial charge in [-0.05, 0) is 54.4 Å². The van der Waals surface area contributed by atoms with Gasteiger partial charge >= 0.3 is 0 Å². The van der Waals surface area contributed by atoms with Crippen LogP contribution in [0.15, 0.2) is 58.1 Å². The fourth-order valence-corrected chi connectivity index (χ4v) is 5.49. The van der Waals surface area contributed by atoms with E-state index in [9.17, 15) is 13.2 Å². The van der Waals surface area contributed by atoms with Gasteiger partial charge in [-0.2, -0.15) is 0 Å². The zero-order valence-corrected chi connectivity index (χ0v) is 19.2. The Labute approximate surface area is 182 Å². The Hall–Kier alpha value is -2.42. The van der Waals surface area contributed by atoms with Gasteiger partial charge in [-0.3, -0.25) is 9.52 Å². The number of carbonyl (C=O) groups excluding carboxylic acids is 1. The molecule has 0 spiro atoms. The average Bonchev–Trinajstić information content (AvgIpc) is 3.22. The third-order valence-electron chi connectivity index (χ3n) is 5.04. The first-order chi connectivity index (χ1) is 14.2. The summed E-state index contributed by atoms with van der Waals surface area (Å²) in [6, 6.07) is 14.4. The number of fused-ring (bicyclic) bond motifs is 1. The number of thiophene rings is 1. The quantitative estimate of drug-likeness (QED) is 0.549. The molecule has 0 aliphatic heterocycles. The lowest BCUT2D eigenvalue weighted by molar-refractivity contribution is 0.0935. The Morgan fingerprint density at radius 1 is 1.07 bits per heavy atom. The molecular formula is C22H27N3O3S2. The SMILES string of the molecule is CC(C)C(CNC(=O)c1cc2ccccc2cc1NS(=O)(=O)c1cccs1)N(C)C. The Morgan fingerprint density at radius 2 is 1.73 bits per heavy atom. The molecule has 0 saturated carbocycles. The van der Waals surface area contributed by atoms with Crippen molar-refractivity contribution in [1.29, 1.82) is 0 Å². The van der Waals surface area contributed by atoms with Crippen molar-refractivity contribution in [2.75, 3.05) is 25.4 Å². The highest BCUT2D eigenvalue weighted by atomic mass is 32.2. The maximum absolute atomic E-state index is 13.1. The van der Waals surface area contributed by atoms with Crippen LogP contribution in [-0.2, 0) is 10.0 Å². The smallest absolute Gasteiger partial charge is 0.271 e. The summed E-state index contributed by atoms with van der Waals surface area (Å²) in [4.78, 5) is 15.1. The van der Waals surface area contributed by atoms with E-state index in [0.29, 0.717) is 18.0 Å². The molecule has 2 aromatic carbocycles. The molecule has 3 aromatic rings. The van der Waals surface area contributed by atoms with E-state index in [1.807, 2.05) is 38.4 Å². The van der Waals surface area contributed by atoms with Crippen molar-refractivity contribution >= 4 is 43.7 Å². The molecule has 6 nitrogen and oxygen atoms in total. The fraction of sp³-hybridized carbons (Fsp3) is 0.318. The number of amides is 1. The summed E-state index contributed by atoms with van der Waals surface area (Å²) < 4.78 is 28.4. The molecule has 30 heavy (non-hydrogen) atoms. The zero-order chi connectivity index (χ0) is 21.9. The van der Waals surface area contributed by atoms with Crippen LogP contribution in [-0.4, -0.2) is 45.9 Å². The lowest BCUT2D eigenvalue weighted by Crippen LogP contribution is -2.43. The first-order valence-corrected chi connectivity index (χ1v) is 12.1. The number of nitrogens with zero attached hydrogens (tertiary/aromatic N) is 1. The maximum atomic E-state index is 13.1. The largest absolute Gasteiger partial charge is 0.350 e. The van der Waals surface area contributed by atoms with Gasteiger partial charge in [-0.25, -0.2) is 8.42 Å². The van der Waals surface area contributed by atoms with Gasteiger partial charge in [-0.15, -0.1) is 11.3 Å². The molecule has 1 heterocycles. The van der Waals surface area contributed by atoms with Crippen molar-refractivity contribution in [2.45, 2.75) is 24.1 Å². The molecule has 0 saturated heterocycles. The second-order valence-corrected chi connectivity index (χ2v) is 10.6. The molecule has 2 N–H and O–H groups in total. The standard InChI is InChI=1S/C22H27N3O3S2/c1-15(2)20(25(3)4)14-23-22(26)18-12-16-8-5-6-9-17(16)13-19(18)24-30(27,28)21-10-7-11-29-21/h5-13,15,20,24H,14H2,1-4H3,(H,23,26). The second kappa shape index (κ2) is 9.16. The van der Waals surface area contributed by atoms with Crippen molar-refractivity contribution in [2.24, 2.45) is 5.92 Å². The van der Waals surface area contributed by atoms with Crippen LogP contribution in [0.25, 0.3) is 10.8 Å². The molecular weight excluding hydrogens is 418 g/mol. The van der Waals surface area contributed by atoms with Crippen LogP contribution in [0.5, 0.6) is 0 Å². The van der Waals surface area contributed by atoms with Crippen LogP contribution < -0.4 is 10.0 Å². The van der Waals surface area contributed by atoms with E-state index in [2.05, 4.69) is 28.8 Å². The molecule has 0 fully saturated rings. The van der Waals surface area contributed by atoms with Crippen molar-refractivity contribution in [3.05, 3.63) is 59.5 Å². The molecule has 0 bridgehead atoms. The maximum Gasteiger partial charge on any atom is 0.271 e. The lowest BCUT2D eigenvalue weighted by Gasteiger charge is -2.28. The molecule has 1 aromatic heterocycles. The van der Waals surface area contributed by atoms with E-state index in [-0.39, 0.29) is 21.8 Å². The Morgan fingerprint density at radius 3 is 2.30 bits per heavy atom. The van der Waals surface area contributed by atoms with Gasteiger partial charge in [0, 0.05) is 12.6 Å². The minimum absolute atomic E-state index is 0.167. The molecule has 1 unspecified atom stereocenters. The predicted octanol–water partition coefficient (Wildman–Crippen LogP) is 4.02. The van der Waals surface area contributed by atoms with Gasteiger partial charge in [0.15, 0.2) is 0 Å². The third-order valence-corrected chi connectivity index (χ3v) is 7.80. The highest BCUT2D eigenvalue weighted by molar-refractivity contribution is 7.94. The minimum atomic E-state index is -3.77. The molecule has 160 valence electrons.